The number of thiophene rings is 1. The minimum absolute atomic E-state index is 0.0921. The molecule has 2 aromatic carbocycles. The molecule has 0 bridgehead atoms. The molecule has 7 rings (SSSR count). The molecular formula is C39H43ClN8O6S. The number of benzene rings is 2. The molecule has 5 aromatic rings. The summed E-state index contributed by atoms with van der Waals surface area (Å²) in [6.45, 7) is 8.01. The van der Waals surface area contributed by atoms with Crippen LogP contribution in [0.15, 0.2) is 52.3 Å². The number of aromatic nitrogens is 5. The number of imidazole rings is 1. The first-order valence-corrected chi connectivity index (χ1v) is 19.5. The number of aliphatic imine (C=N–C) groups is 1. The summed E-state index contributed by atoms with van der Waals surface area (Å²) >= 11 is 7.88. The van der Waals surface area contributed by atoms with Gasteiger partial charge in [-0.25, -0.2) is 4.79 Å². The maximum atomic E-state index is 13.2. The van der Waals surface area contributed by atoms with Crippen molar-refractivity contribution in [3.63, 3.8) is 0 Å². The number of ether oxygens (including phenoxy) is 2. The van der Waals surface area contributed by atoms with Gasteiger partial charge in [0.25, 0.3) is 0 Å². The van der Waals surface area contributed by atoms with E-state index in [1.807, 2.05) is 54.0 Å². The number of fused-ring (bicyclic) bond motifs is 4. The number of rotatable bonds is 14. The first kappa shape index (κ1) is 38.3. The van der Waals surface area contributed by atoms with Crippen LogP contribution in [0.5, 0.6) is 0 Å². The van der Waals surface area contributed by atoms with E-state index in [-0.39, 0.29) is 30.3 Å². The van der Waals surface area contributed by atoms with E-state index in [1.54, 1.807) is 23.0 Å². The van der Waals surface area contributed by atoms with Crippen molar-refractivity contribution >= 4 is 57.4 Å². The second-order valence-electron chi connectivity index (χ2n) is 13.8. The van der Waals surface area contributed by atoms with E-state index in [4.69, 9.17) is 26.1 Å². The van der Waals surface area contributed by atoms with Crippen LogP contribution in [-0.2, 0) is 37.3 Å². The molecule has 2 atom stereocenters. The predicted octanol–water partition coefficient (Wildman–Crippen LogP) is 4.60. The molecule has 2 aliphatic rings. The Hall–Kier alpha value is -4.96. The number of piperidine rings is 1. The van der Waals surface area contributed by atoms with Crippen molar-refractivity contribution in [3.8, 4) is 5.00 Å². The average Bonchev–Trinajstić information content (AvgIpc) is 3.74. The summed E-state index contributed by atoms with van der Waals surface area (Å²) in [7, 11) is 1.70. The van der Waals surface area contributed by atoms with Crippen LogP contribution in [0.25, 0.3) is 16.0 Å². The van der Waals surface area contributed by atoms with Gasteiger partial charge in [0, 0.05) is 47.6 Å². The van der Waals surface area contributed by atoms with Gasteiger partial charge in [-0.05, 0) is 69.4 Å². The first-order chi connectivity index (χ1) is 26.5. The van der Waals surface area contributed by atoms with Gasteiger partial charge in [0.05, 0.1) is 43.0 Å². The molecule has 14 nitrogen and oxygen atoms in total. The molecular weight excluding hydrogens is 744 g/mol. The van der Waals surface area contributed by atoms with Crippen molar-refractivity contribution in [1.82, 2.24) is 34.5 Å². The summed E-state index contributed by atoms with van der Waals surface area (Å²) in [6, 6.07) is 12.0. The lowest BCUT2D eigenvalue weighted by atomic mass is 9.99. The summed E-state index contributed by atoms with van der Waals surface area (Å²) in [5.74, 6) is 0.414. The van der Waals surface area contributed by atoms with Crippen molar-refractivity contribution in [2.45, 2.75) is 65.0 Å². The molecule has 2 N–H and O–H groups in total. The van der Waals surface area contributed by atoms with Gasteiger partial charge in [0.15, 0.2) is 5.82 Å². The molecule has 55 heavy (non-hydrogen) atoms. The zero-order chi connectivity index (χ0) is 38.8. The van der Waals surface area contributed by atoms with Crippen molar-refractivity contribution in [2.24, 2.45) is 12.0 Å². The summed E-state index contributed by atoms with van der Waals surface area (Å²) in [6.07, 6.45) is 1.97. The highest BCUT2D eigenvalue weighted by Crippen LogP contribution is 2.39. The molecule has 0 spiro atoms. The number of carbonyl (C=O) groups excluding carboxylic acids is 3. The summed E-state index contributed by atoms with van der Waals surface area (Å²) < 4.78 is 16.6. The smallest absolute Gasteiger partial charge is 0.329 e. The standard InChI is InChI=1S/C39H43ClN8O6S/c1-22-23(2)55-38-33(22)34(25-10-12-27(40)13-11-25)42-28(36-45-44-24(3)47(36)38)21-32(50)41-16-18-54-20-19-53-17-6-8-26-7-5-9-29-35(26)46(4)39(52)48(29)30-14-15-31(49)43-37(30)51/h5,7,9-13,28,30H,6,8,14-21H2,1-4H3,(H,41,50)(H,43,49,51)/t28-,30?/m0/s1. The van der Waals surface area contributed by atoms with E-state index in [0.29, 0.717) is 62.2 Å². The fraction of sp³-hybridized carbons (Fsp3) is 0.410. The van der Waals surface area contributed by atoms with E-state index in [1.165, 1.54) is 9.44 Å². The van der Waals surface area contributed by atoms with Crippen LogP contribution in [0.4, 0.5) is 0 Å². The topological polar surface area (TPSA) is 164 Å². The number of nitrogens with zero attached hydrogens (tertiary/aromatic N) is 6. The summed E-state index contributed by atoms with van der Waals surface area (Å²) in [4.78, 5) is 56.9. The van der Waals surface area contributed by atoms with Crippen LogP contribution in [0.3, 0.4) is 0 Å². The van der Waals surface area contributed by atoms with Crippen molar-refractivity contribution in [3.05, 3.63) is 96.8 Å². The zero-order valence-electron chi connectivity index (χ0n) is 31.2. The zero-order valence-corrected chi connectivity index (χ0v) is 32.8. The van der Waals surface area contributed by atoms with Gasteiger partial charge in [-0.2, -0.15) is 0 Å². The minimum Gasteiger partial charge on any atom is -0.379 e. The van der Waals surface area contributed by atoms with Crippen LogP contribution in [0.2, 0.25) is 5.02 Å². The van der Waals surface area contributed by atoms with Crippen LogP contribution in [-0.4, -0.2) is 80.3 Å². The molecule has 1 fully saturated rings. The number of para-hydroxylation sites is 1. The molecule has 3 amide bonds. The summed E-state index contributed by atoms with van der Waals surface area (Å²) in [5, 5.41) is 15.8. The van der Waals surface area contributed by atoms with Crippen LogP contribution >= 0.6 is 22.9 Å². The minimum atomic E-state index is -0.721. The van der Waals surface area contributed by atoms with Gasteiger partial charge in [-0.15, -0.1) is 21.5 Å². The normalized spacial score (nSPS) is 16.8. The third-order valence-electron chi connectivity index (χ3n) is 10.1. The maximum absolute atomic E-state index is 13.2. The van der Waals surface area contributed by atoms with E-state index < -0.39 is 18.0 Å². The van der Waals surface area contributed by atoms with E-state index >= 15 is 0 Å². The Morgan fingerprint density at radius 1 is 1.02 bits per heavy atom. The molecule has 5 heterocycles. The Balaban J connectivity index is 0.880. The number of amides is 3. The number of halogens is 1. The summed E-state index contributed by atoms with van der Waals surface area (Å²) in [5.41, 5.74) is 5.99. The predicted molar refractivity (Wildman–Crippen MR) is 209 cm³/mol. The van der Waals surface area contributed by atoms with Crippen molar-refractivity contribution < 1.29 is 23.9 Å². The Labute approximate surface area is 326 Å². The lowest BCUT2D eigenvalue weighted by molar-refractivity contribution is -0.135. The lowest BCUT2D eigenvalue weighted by Crippen LogP contribution is -2.44. The highest BCUT2D eigenvalue weighted by molar-refractivity contribution is 7.15. The van der Waals surface area contributed by atoms with Crippen molar-refractivity contribution in [2.75, 3.05) is 33.0 Å². The van der Waals surface area contributed by atoms with Gasteiger partial charge in [0.1, 0.15) is 22.9 Å². The fourth-order valence-electron chi connectivity index (χ4n) is 7.28. The first-order valence-electron chi connectivity index (χ1n) is 18.3. The Morgan fingerprint density at radius 2 is 1.78 bits per heavy atom. The molecule has 3 aromatic heterocycles. The second kappa shape index (κ2) is 16.4. The quantitative estimate of drug-likeness (QED) is 0.122. The van der Waals surface area contributed by atoms with E-state index in [2.05, 4.69) is 34.7 Å². The molecule has 0 aliphatic carbocycles. The van der Waals surface area contributed by atoms with Crippen LogP contribution in [0.1, 0.15) is 76.5 Å². The number of hydrogen-bond acceptors (Lipinski definition) is 10. The largest absolute Gasteiger partial charge is 0.379 e. The molecule has 16 heteroatoms. The number of nitrogens with one attached hydrogen (secondary N) is 2. The number of imide groups is 1. The van der Waals surface area contributed by atoms with E-state index in [9.17, 15) is 19.2 Å². The average molecular weight is 787 g/mol. The van der Waals surface area contributed by atoms with Gasteiger partial charge in [0.2, 0.25) is 17.7 Å². The highest BCUT2D eigenvalue weighted by Gasteiger charge is 2.33. The van der Waals surface area contributed by atoms with E-state index in [0.717, 1.165) is 50.7 Å². The van der Waals surface area contributed by atoms with Gasteiger partial charge in [-0.1, -0.05) is 35.9 Å². The van der Waals surface area contributed by atoms with Gasteiger partial charge >= 0.3 is 5.69 Å². The number of hydrogen-bond donors (Lipinski definition) is 2. The van der Waals surface area contributed by atoms with Crippen molar-refractivity contribution in [1.29, 1.82) is 0 Å². The Bertz CT molecular complexity index is 2360. The van der Waals surface area contributed by atoms with Gasteiger partial charge < -0.3 is 14.8 Å². The lowest BCUT2D eigenvalue weighted by Gasteiger charge is -2.21. The van der Waals surface area contributed by atoms with Crippen LogP contribution in [0, 0.1) is 20.8 Å². The highest BCUT2D eigenvalue weighted by atomic mass is 35.5. The second-order valence-corrected chi connectivity index (χ2v) is 15.4. The molecule has 1 unspecified atom stereocenters. The van der Waals surface area contributed by atoms with Gasteiger partial charge in [-0.3, -0.25) is 38.4 Å². The number of carbonyl (C=O) groups is 3. The monoisotopic (exact) mass is 786 g/mol. The number of aryl methyl sites for hydroxylation is 4. The Kier molecular flexibility index (Phi) is 11.4. The fourth-order valence-corrected chi connectivity index (χ4v) is 8.62. The molecule has 0 radical (unpaired) electrons. The molecule has 1 saturated heterocycles. The maximum Gasteiger partial charge on any atom is 0.329 e. The molecule has 0 saturated carbocycles. The SMILES string of the molecule is Cc1sc2c(c1C)C(c1ccc(Cl)cc1)=N[C@@H](CC(=O)NCCOCCOCCCc1cccc3c1n(C)c(=O)n3C1CCC(=O)NC1=O)c1nnc(C)n1-2. The van der Waals surface area contributed by atoms with Crippen LogP contribution < -0.4 is 16.3 Å². The third-order valence-corrected chi connectivity index (χ3v) is 11.6. The third kappa shape index (κ3) is 7.79. The Morgan fingerprint density at radius 3 is 2.55 bits per heavy atom. The molecule has 288 valence electrons. The molecule has 2 aliphatic heterocycles.